The van der Waals surface area contributed by atoms with E-state index in [4.69, 9.17) is 23.2 Å². The number of carbonyl (C=O) groups excluding carboxylic acids is 1. The number of hydrogen-bond acceptors (Lipinski definition) is 1. The first kappa shape index (κ1) is 11.0. The SMILES string of the molecule is O=CC(Br)Cc1ccc(Cl)cc1Cl. The van der Waals surface area contributed by atoms with Crippen LogP contribution >= 0.6 is 39.1 Å². The van der Waals surface area contributed by atoms with Crippen LogP contribution in [0.4, 0.5) is 0 Å². The first-order valence-corrected chi connectivity index (χ1v) is 5.34. The minimum Gasteiger partial charge on any atom is -0.302 e. The molecule has 0 aliphatic heterocycles. The number of benzene rings is 1. The highest BCUT2D eigenvalue weighted by atomic mass is 79.9. The van der Waals surface area contributed by atoms with Gasteiger partial charge in [-0.2, -0.15) is 0 Å². The molecule has 0 N–H and O–H groups in total. The third kappa shape index (κ3) is 3.29. The highest BCUT2D eigenvalue weighted by Crippen LogP contribution is 2.22. The van der Waals surface area contributed by atoms with Crippen molar-refractivity contribution in [1.82, 2.24) is 0 Å². The third-order valence-electron chi connectivity index (χ3n) is 1.58. The van der Waals surface area contributed by atoms with E-state index in [0.29, 0.717) is 16.5 Å². The zero-order valence-corrected chi connectivity index (χ0v) is 9.73. The molecule has 1 aromatic carbocycles. The summed E-state index contributed by atoms with van der Waals surface area (Å²) < 4.78 is 0. The maximum atomic E-state index is 10.4. The summed E-state index contributed by atoms with van der Waals surface area (Å²) in [6.45, 7) is 0. The number of hydrogen-bond donors (Lipinski definition) is 0. The molecule has 1 atom stereocenters. The topological polar surface area (TPSA) is 17.1 Å². The molecule has 70 valence electrons. The Kier molecular flexibility index (Phi) is 4.23. The Morgan fingerprint density at radius 1 is 1.46 bits per heavy atom. The lowest BCUT2D eigenvalue weighted by atomic mass is 10.1. The average molecular weight is 282 g/mol. The van der Waals surface area contributed by atoms with Crippen molar-refractivity contribution >= 4 is 45.4 Å². The maximum absolute atomic E-state index is 10.4. The van der Waals surface area contributed by atoms with Gasteiger partial charge in [0.1, 0.15) is 6.29 Å². The van der Waals surface area contributed by atoms with Crippen LogP contribution in [0.3, 0.4) is 0 Å². The summed E-state index contributed by atoms with van der Waals surface area (Å²) in [5, 5.41) is 1.20. The Balaban J connectivity index is 2.83. The van der Waals surface area contributed by atoms with Crippen LogP contribution in [0.1, 0.15) is 5.56 Å². The van der Waals surface area contributed by atoms with Gasteiger partial charge in [-0.25, -0.2) is 0 Å². The summed E-state index contributed by atoms with van der Waals surface area (Å²) in [7, 11) is 0. The molecule has 0 heterocycles. The largest absolute Gasteiger partial charge is 0.302 e. The van der Waals surface area contributed by atoms with Crippen LogP contribution in [-0.2, 0) is 11.2 Å². The minimum absolute atomic E-state index is 0.189. The van der Waals surface area contributed by atoms with Crippen molar-refractivity contribution in [3.8, 4) is 0 Å². The quantitative estimate of drug-likeness (QED) is 0.612. The molecule has 0 bridgehead atoms. The second kappa shape index (κ2) is 4.99. The van der Waals surface area contributed by atoms with Crippen molar-refractivity contribution in [1.29, 1.82) is 0 Å². The van der Waals surface area contributed by atoms with Crippen molar-refractivity contribution in [2.75, 3.05) is 0 Å². The molecule has 1 nitrogen and oxygen atoms in total. The van der Waals surface area contributed by atoms with E-state index in [1.165, 1.54) is 0 Å². The fraction of sp³-hybridized carbons (Fsp3) is 0.222. The van der Waals surface area contributed by atoms with Gasteiger partial charge in [0.15, 0.2) is 0 Å². The van der Waals surface area contributed by atoms with Gasteiger partial charge in [0.25, 0.3) is 0 Å². The van der Waals surface area contributed by atoms with Crippen LogP contribution in [0.15, 0.2) is 18.2 Å². The van der Waals surface area contributed by atoms with E-state index in [1.54, 1.807) is 12.1 Å². The van der Waals surface area contributed by atoms with Crippen molar-refractivity contribution < 1.29 is 4.79 Å². The van der Waals surface area contributed by atoms with Gasteiger partial charge < -0.3 is 4.79 Å². The van der Waals surface area contributed by atoms with Gasteiger partial charge >= 0.3 is 0 Å². The van der Waals surface area contributed by atoms with E-state index < -0.39 is 0 Å². The Bertz CT molecular complexity index is 314. The molecule has 0 saturated carbocycles. The first-order chi connectivity index (χ1) is 6.13. The van der Waals surface area contributed by atoms with Gasteiger partial charge in [0, 0.05) is 10.0 Å². The van der Waals surface area contributed by atoms with Crippen LogP contribution in [0, 0.1) is 0 Å². The monoisotopic (exact) mass is 280 g/mol. The summed E-state index contributed by atoms with van der Waals surface area (Å²) in [6.07, 6.45) is 1.42. The molecule has 13 heavy (non-hydrogen) atoms. The smallest absolute Gasteiger partial charge is 0.133 e. The summed E-state index contributed by atoms with van der Waals surface area (Å²) in [5.74, 6) is 0. The second-order valence-corrected chi connectivity index (χ2v) is 4.61. The summed E-state index contributed by atoms with van der Waals surface area (Å²) in [5.41, 5.74) is 0.917. The van der Waals surface area contributed by atoms with Crippen LogP contribution in [-0.4, -0.2) is 11.1 Å². The summed E-state index contributed by atoms with van der Waals surface area (Å²) >= 11 is 14.8. The zero-order chi connectivity index (χ0) is 9.84. The van der Waals surface area contributed by atoms with Crippen LogP contribution in [0.2, 0.25) is 10.0 Å². The average Bonchev–Trinajstić information content (AvgIpc) is 2.09. The number of rotatable bonds is 3. The molecular weight excluding hydrogens is 275 g/mol. The van der Waals surface area contributed by atoms with Crippen molar-refractivity contribution in [3.05, 3.63) is 33.8 Å². The van der Waals surface area contributed by atoms with E-state index in [-0.39, 0.29) is 4.83 Å². The zero-order valence-electron chi connectivity index (χ0n) is 6.64. The van der Waals surface area contributed by atoms with Crippen molar-refractivity contribution in [3.63, 3.8) is 0 Å². The molecule has 0 saturated heterocycles. The molecule has 0 aliphatic carbocycles. The standard InChI is InChI=1S/C9H7BrCl2O/c10-7(5-13)3-6-1-2-8(11)4-9(6)12/h1-2,4-5,7H,3H2. The van der Waals surface area contributed by atoms with Gasteiger partial charge in [-0.15, -0.1) is 0 Å². The maximum Gasteiger partial charge on any atom is 0.133 e. The van der Waals surface area contributed by atoms with E-state index in [1.807, 2.05) is 6.07 Å². The molecular formula is C9H7BrCl2O. The molecule has 0 fully saturated rings. The molecule has 1 aromatic rings. The number of halogens is 3. The fourth-order valence-electron chi connectivity index (χ4n) is 0.945. The van der Waals surface area contributed by atoms with E-state index >= 15 is 0 Å². The number of carbonyl (C=O) groups is 1. The van der Waals surface area contributed by atoms with Crippen LogP contribution in [0.5, 0.6) is 0 Å². The van der Waals surface area contributed by atoms with E-state index in [9.17, 15) is 4.79 Å². The lowest BCUT2D eigenvalue weighted by Crippen LogP contribution is -2.03. The molecule has 1 unspecified atom stereocenters. The van der Waals surface area contributed by atoms with Crippen molar-refractivity contribution in [2.45, 2.75) is 11.2 Å². The highest BCUT2D eigenvalue weighted by Gasteiger charge is 2.07. The molecule has 1 rings (SSSR count). The predicted molar refractivity (Wildman–Crippen MR) is 58.9 cm³/mol. The fourth-order valence-corrected chi connectivity index (χ4v) is 1.78. The Hall–Kier alpha value is -0.0500. The third-order valence-corrected chi connectivity index (χ3v) is 2.70. The normalized spacial score (nSPS) is 12.5. The Labute approximate surface area is 95.2 Å². The summed E-state index contributed by atoms with van der Waals surface area (Å²) in [4.78, 5) is 10.2. The number of aldehydes is 1. The Morgan fingerprint density at radius 3 is 2.69 bits per heavy atom. The highest BCUT2D eigenvalue weighted by molar-refractivity contribution is 9.09. The molecule has 0 spiro atoms. The summed E-state index contributed by atoms with van der Waals surface area (Å²) in [6, 6.07) is 5.25. The van der Waals surface area contributed by atoms with Gasteiger partial charge in [-0.1, -0.05) is 45.2 Å². The van der Waals surface area contributed by atoms with Gasteiger partial charge in [-0.3, -0.25) is 0 Å². The minimum atomic E-state index is -0.189. The van der Waals surface area contributed by atoms with Gasteiger partial charge in [-0.05, 0) is 24.1 Å². The Morgan fingerprint density at radius 2 is 2.15 bits per heavy atom. The molecule has 0 amide bonds. The second-order valence-electron chi connectivity index (χ2n) is 2.59. The first-order valence-electron chi connectivity index (χ1n) is 3.67. The molecule has 0 aliphatic rings. The van der Waals surface area contributed by atoms with E-state index in [0.717, 1.165) is 11.8 Å². The van der Waals surface area contributed by atoms with Crippen LogP contribution < -0.4 is 0 Å². The lowest BCUT2D eigenvalue weighted by Gasteiger charge is -2.05. The number of alkyl halides is 1. The van der Waals surface area contributed by atoms with E-state index in [2.05, 4.69) is 15.9 Å². The van der Waals surface area contributed by atoms with Gasteiger partial charge in [0.2, 0.25) is 0 Å². The molecule has 0 radical (unpaired) electrons. The van der Waals surface area contributed by atoms with Crippen LogP contribution in [0.25, 0.3) is 0 Å². The van der Waals surface area contributed by atoms with Gasteiger partial charge in [0.05, 0.1) is 4.83 Å². The lowest BCUT2D eigenvalue weighted by molar-refractivity contribution is -0.107. The predicted octanol–water partition coefficient (Wildman–Crippen LogP) is 3.50. The molecule has 0 aromatic heterocycles. The molecule has 4 heteroatoms. The van der Waals surface area contributed by atoms with Crippen molar-refractivity contribution in [2.24, 2.45) is 0 Å².